The van der Waals surface area contributed by atoms with Crippen LogP contribution in [0, 0.1) is 13.8 Å². The number of H-pyrrole nitrogens is 1. The summed E-state index contributed by atoms with van der Waals surface area (Å²) in [5.74, 6) is 0. The van der Waals surface area contributed by atoms with Crippen LogP contribution in [0.15, 0.2) is 29.1 Å². The third-order valence-electron chi connectivity index (χ3n) is 4.11. The molecule has 3 heterocycles. The lowest BCUT2D eigenvalue weighted by Gasteiger charge is -2.24. The minimum Gasteiger partial charge on any atom is -0.290 e. The quantitative estimate of drug-likeness (QED) is 0.938. The molecule has 21 heavy (non-hydrogen) atoms. The first-order chi connectivity index (χ1) is 10.1. The van der Waals surface area contributed by atoms with E-state index in [0.29, 0.717) is 0 Å². The Kier molecular flexibility index (Phi) is 3.84. The van der Waals surface area contributed by atoms with Crippen molar-refractivity contribution in [1.82, 2.24) is 20.1 Å². The number of aromatic nitrogens is 3. The molecule has 1 aliphatic heterocycles. The zero-order chi connectivity index (χ0) is 14.8. The molecule has 2 aromatic heterocycles. The van der Waals surface area contributed by atoms with Gasteiger partial charge in [0.25, 0.3) is 5.56 Å². The van der Waals surface area contributed by atoms with E-state index in [0.717, 1.165) is 43.0 Å². The number of aryl methyl sites for hydroxylation is 2. The lowest BCUT2D eigenvalue weighted by molar-refractivity contribution is 0.242. The lowest BCUT2D eigenvalue weighted by atomic mass is 10.1. The molecule has 1 aliphatic rings. The largest absolute Gasteiger partial charge is 0.290 e. The van der Waals surface area contributed by atoms with Crippen LogP contribution in [0.3, 0.4) is 0 Å². The van der Waals surface area contributed by atoms with Gasteiger partial charge in [0.1, 0.15) is 0 Å². The highest BCUT2D eigenvalue weighted by atomic mass is 16.1. The lowest BCUT2D eigenvalue weighted by Crippen LogP contribution is -2.25. The molecule has 110 valence electrons. The van der Waals surface area contributed by atoms with Crippen molar-refractivity contribution >= 4 is 0 Å². The van der Waals surface area contributed by atoms with Gasteiger partial charge < -0.3 is 0 Å². The number of pyridine rings is 1. The summed E-state index contributed by atoms with van der Waals surface area (Å²) in [5, 5.41) is 6.73. The van der Waals surface area contributed by atoms with Gasteiger partial charge in [-0.1, -0.05) is 6.07 Å². The van der Waals surface area contributed by atoms with E-state index >= 15 is 0 Å². The standard InChI is InChI=1S/C16H20N4O/c1-11-5-6-13(12(2)17-11)10-20-9-3-4-15(20)14-7-8-16(21)19-18-14/h5-8,15H,3-4,9-10H2,1-2H3,(H,19,21). The first-order valence-corrected chi connectivity index (χ1v) is 7.36. The van der Waals surface area contributed by atoms with Gasteiger partial charge in [-0.15, -0.1) is 0 Å². The van der Waals surface area contributed by atoms with Gasteiger partial charge >= 0.3 is 0 Å². The second-order valence-corrected chi connectivity index (χ2v) is 5.67. The summed E-state index contributed by atoms with van der Waals surface area (Å²) in [6.07, 6.45) is 2.24. The van der Waals surface area contributed by atoms with E-state index < -0.39 is 0 Å². The number of aromatic amines is 1. The van der Waals surface area contributed by atoms with Crippen LogP contribution < -0.4 is 5.56 Å². The summed E-state index contributed by atoms with van der Waals surface area (Å²) in [5.41, 5.74) is 4.20. The van der Waals surface area contributed by atoms with Crippen molar-refractivity contribution in [2.75, 3.05) is 6.54 Å². The Balaban J connectivity index is 1.81. The van der Waals surface area contributed by atoms with E-state index in [2.05, 4.69) is 39.1 Å². The van der Waals surface area contributed by atoms with E-state index in [1.165, 1.54) is 5.56 Å². The van der Waals surface area contributed by atoms with Gasteiger partial charge in [0, 0.05) is 24.0 Å². The minimum atomic E-state index is -0.151. The molecule has 0 radical (unpaired) electrons. The maximum absolute atomic E-state index is 11.1. The molecular weight excluding hydrogens is 264 g/mol. The molecule has 1 N–H and O–H groups in total. The highest BCUT2D eigenvalue weighted by Crippen LogP contribution is 2.31. The Morgan fingerprint density at radius 1 is 1.29 bits per heavy atom. The molecule has 1 unspecified atom stereocenters. The van der Waals surface area contributed by atoms with Crippen molar-refractivity contribution in [1.29, 1.82) is 0 Å². The fraction of sp³-hybridized carbons (Fsp3) is 0.438. The van der Waals surface area contributed by atoms with Crippen LogP contribution >= 0.6 is 0 Å². The average molecular weight is 284 g/mol. The van der Waals surface area contributed by atoms with Crippen LogP contribution in [0.2, 0.25) is 0 Å². The average Bonchev–Trinajstić information content (AvgIpc) is 2.91. The Hall–Kier alpha value is -2.01. The summed E-state index contributed by atoms with van der Waals surface area (Å²) in [6.45, 7) is 6.01. The highest BCUT2D eigenvalue weighted by molar-refractivity contribution is 5.22. The van der Waals surface area contributed by atoms with Crippen LogP contribution in [0.1, 0.15) is 41.5 Å². The predicted octanol–water partition coefficient (Wildman–Crippen LogP) is 2.12. The van der Waals surface area contributed by atoms with Gasteiger partial charge in [-0.05, 0) is 50.9 Å². The topological polar surface area (TPSA) is 61.9 Å². The number of rotatable bonds is 3. The van der Waals surface area contributed by atoms with Crippen molar-refractivity contribution in [3.63, 3.8) is 0 Å². The summed E-state index contributed by atoms with van der Waals surface area (Å²) < 4.78 is 0. The maximum atomic E-state index is 11.1. The first kappa shape index (κ1) is 13.9. The maximum Gasteiger partial charge on any atom is 0.264 e. The summed E-state index contributed by atoms with van der Waals surface area (Å²) in [7, 11) is 0. The molecule has 0 spiro atoms. The molecule has 0 amide bonds. The van der Waals surface area contributed by atoms with E-state index in [1.54, 1.807) is 6.07 Å². The van der Waals surface area contributed by atoms with Crippen molar-refractivity contribution in [2.24, 2.45) is 0 Å². The molecule has 5 nitrogen and oxygen atoms in total. The van der Waals surface area contributed by atoms with Gasteiger partial charge in [-0.25, -0.2) is 5.10 Å². The smallest absolute Gasteiger partial charge is 0.264 e. The zero-order valence-corrected chi connectivity index (χ0v) is 12.5. The van der Waals surface area contributed by atoms with Crippen LogP contribution in [0.5, 0.6) is 0 Å². The predicted molar refractivity (Wildman–Crippen MR) is 81.0 cm³/mol. The molecule has 0 aromatic carbocycles. The molecule has 1 saturated heterocycles. The zero-order valence-electron chi connectivity index (χ0n) is 12.5. The summed E-state index contributed by atoms with van der Waals surface area (Å²) in [6, 6.07) is 7.89. The number of likely N-dealkylation sites (tertiary alicyclic amines) is 1. The Labute approximate surface area is 124 Å². The summed E-state index contributed by atoms with van der Waals surface area (Å²) in [4.78, 5) is 18.1. The van der Waals surface area contributed by atoms with Gasteiger partial charge in [0.05, 0.1) is 11.7 Å². The SMILES string of the molecule is Cc1ccc(CN2CCCC2c2ccc(=O)[nH]n2)c(C)n1. The first-order valence-electron chi connectivity index (χ1n) is 7.36. The second kappa shape index (κ2) is 5.77. The van der Waals surface area contributed by atoms with Crippen molar-refractivity contribution in [3.8, 4) is 0 Å². The normalized spacial score (nSPS) is 19.0. The van der Waals surface area contributed by atoms with E-state index in [1.807, 2.05) is 13.0 Å². The minimum absolute atomic E-state index is 0.151. The molecule has 2 aromatic rings. The van der Waals surface area contributed by atoms with Gasteiger partial charge in [0.2, 0.25) is 0 Å². The molecule has 1 fully saturated rings. The second-order valence-electron chi connectivity index (χ2n) is 5.67. The molecule has 0 bridgehead atoms. The fourth-order valence-corrected chi connectivity index (χ4v) is 2.99. The van der Waals surface area contributed by atoms with Crippen molar-refractivity contribution < 1.29 is 0 Å². The van der Waals surface area contributed by atoms with E-state index in [-0.39, 0.29) is 11.6 Å². The van der Waals surface area contributed by atoms with Crippen LogP contribution in [-0.4, -0.2) is 26.6 Å². The molecule has 1 atom stereocenters. The highest BCUT2D eigenvalue weighted by Gasteiger charge is 2.27. The fourth-order valence-electron chi connectivity index (χ4n) is 2.99. The van der Waals surface area contributed by atoms with Crippen LogP contribution in [0.25, 0.3) is 0 Å². The number of hydrogen-bond acceptors (Lipinski definition) is 4. The molecular formula is C16H20N4O. The molecule has 3 rings (SSSR count). The van der Waals surface area contributed by atoms with Crippen molar-refractivity contribution in [3.05, 3.63) is 57.3 Å². The van der Waals surface area contributed by atoms with Gasteiger partial charge in [-0.3, -0.25) is 14.7 Å². The van der Waals surface area contributed by atoms with E-state index in [4.69, 9.17) is 0 Å². The molecule has 5 heteroatoms. The van der Waals surface area contributed by atoms with Crippen molar-refractivity contribution in [2.45, 2.75) is 39.3 Å². The molecule has 0 saturated carbocycles. The Morgan fingerprint density at radius 2 is 2.14 bits per heavy atom. The number of nitrogens with one attached hydrogen (secondary N) is 1. The summed E-state index contributed by atoms with van der Waals surface area (Å²) >= 11 is 0. The number of nitrogens with zero attached hydrogens (tertiary/aromatic N) is 3. The Bertz CT molecular complexity index is 674. The third-order valence-corrected chi connectivity index (χ3v) is 4.11. The van der Waals surface area contributed by atoms with E-state index in [9.17, 15) is 4.79 Å². The monoisotopic (exact) mass is 284 g/mol. The van der Waals surface area contributed by atoms with Crippen LogP contribution in [-0.2, 0) is 6.54 Å². The van der Waals surface area contributed by atoms with Gasteiger partial charge in [-0.2, -0.15) is 5.10 Å². The van der Waals surface area contributed by atoms with Crippen LogP contribution in [0.4, 0.5) is 0 Å². The van der Waals surface area contributed by atoms with Gasteiger partial charge in [0.15, 0.2) is 0 Å². The molecule has 0 aliphatic carbocycles. The Morgan fingerprint density at radius 3 is 2.86 bits per heavy atom. The number of hydrogen-bond donors (Lipinski definition) is 1. The third kappa shape index (κ3) is 3.03.